The van der Waals surface area contributed by atoms with E-state index in [9.17, 15) is 0 Å². The van der Waals surface area contributed by atoms with Gasteiger partial charge in [0.25, 0.3) is 0 Å². The molecule has 0 spiro atoms. The molecular formula is C26H28N2O3. The van der Waals surface area contributed by atoms with Crippen molar-refractivity contribution in [1.82, 2.24) is 9.88 Å². The summed E-state index contributed by atoms with van der Waals surface area (Å²) in [6.07, 6.45) is 0.0488. The lowest BCUT2D eigenvalue weighted by atomic mass is 10.1. The second-order valence-corrected chi connectivity index (χ2v) is 8.07. The highest BCUT2D eigenvalue weighted by atomic mass is 16.5. The van der Waals surface area contributed by atoms with Gasteiger partial charge in [-0.2, -0.15) is 0 Å². The van der Waals surface area contributed by atoms with Crippen LogP contribution in [0.5, 0.6) is 11.5 Å². The number of nitrogens with one attached hydrogen (secondary N) is 1. The Morgan fingerprint density at radius 2 is 1.74 bits per heavy atom. The van der Waals surface area contributed by atoms with Crippen LogP contribution in [0.4, 0.5) is 0 Å². The first-order valence-electron chi connectivity index (χ1n) is 10.9. The minimum atomic E-state index is 0.0488. The van der Waals surface area contributed by atoms with E-state index < -0.39 is 0 Å². The van der Waals surface area contributed by atoms with E-state index in [2.05, 4.69) is 47.1 Å². The van der Waals surface area contributed by atoms with E-state index in [0.29, 0.717) is 13.2 Å². The Hall–Kier alpha value is -3.02. The van der Waals surface area contributed by atoms with Gasteiger partial charge in [-0.1, -0.05) is 42.5 Å². The average Bonchev–Trinajstić information content (AvgIpc) is 3.19. The monoisotopic (exact) mass is 416 g/mol. The standard InChI is InChI=1S/C26H28N2O3/c1-19-7-2-5-11-24(19)30-16-14-28-13-15-29-20(17-28)18-31-25-12-6-10-23-26(25)21-8-3-4-9-22(21)27-23/h2-12,20,27H,13-18H2,1H3. The van der Waals surface area contributed by atoms with E-state index in [0.717, 1.165) is 54.2 Å². The zero-order valence-electron chi connectivity index (χ0n) is 17.8. The van der Waals surface area contributed by atoms with Gasteiger partial charge in [0.05, 0.1) is 12.1 Å². The molecule has 0 saturated carbocycles. The van der Waals surface area contributed by atoms with Crippen LogP contribution in [-0.2, 0) is 4.74 Å². The number of hydrogen-bond acceptors (Lipinski definition) is 4. The lowest BCUT2D eigenvalue weighted by Gasteiger charge is -2.32. The van der Waals surface area contributed by atoms with Crippen LogP contribution in [-0.4, -0.2) is 55.4 Å². The molecule has 1 aliphatic heterocycles. The Kier molecular flexibility index (Phi) is 5.78. The molecule has 1 N–H and O–H groups in total. The van der Waals surface area contributed by atoms with Crippen molar-refractivity contribution in [2.45, 2.75) is 13.0 Å². The maximum absolute atomic E-state index is 6.26. The molecule has 1 unspecified atom stereocenters. The highest BCUT2D eigenvalue weighted by Gasteiger charge is 2.21. The van der Waals surface area contributed by atoms with E-state index in [1.807, 2.05) is 36.4 Å². The van der Waals surface area contributed by atoms with Crippen LogP contribution in [0.25, 0.3) is 21.8 Å². The number of benzene rings is 3. The Labute approximate surface area is 182 Å². The van der Waals surface area contributed by atoms with Crippen molar-refractivity contribution >= 4 is 21.8 Å². The number of fused-ring (bicyclic) bond motifs is 3. The first kappa shape index (κ1) is 19.9. The highest BCUT2D eigenvalue weighted by Crippen LogP contribution is 2.33. The van der Waals surface area contributed by atoms with Crippen molar-refractivity contribution in [2.24, 2.45) is 0 Å². The number of rotatable bonds is 7. The summed E-state index contributed by atoms with van der Waals surface area (Å²) in [6, 6.07) is 22.7. The van der Waals surface area contributed by atoms with Gasteiger partial charge >= 0.3 is 0 Å². The summed E-state index contributed by atoms with van der Waals surface area (Å²) in [5, 5.41) is 2.32. The van der Waals surface area contributed by atoms with E-state index >= 15 is 0 Å². The van der Waals surface area contributed by atoms with Crippen LogP contribution >= 0.6 is 0 Å². The largest absolute Gasteiger partial charge is 0.492 e. The second kappa shape index (κ2) is 9.00. The fourth-order valence-electron chi connectivity index (χ4n) is 4.26. The Morgan fingerprint density at radius 1 is 0.935 bits per heavy atom. The molecule has 0 aliphatic carbocycles. The fourth-order valence-corrected chi connectivity index (χ4v) is 4.26. The van der Waals surface area contributed by atoms with Gasteiger partial charge in [0.2, 0.25) is 0 Å². The number of aryl methyl sites for hydroxylation is 1. The Balaban J connectivity index is 1.19. The summed E-state index contributed by atoms with van der Waals surface area (Å²) < 4.78 is 18.2. The molecule has 1 fully saturated rings. The molecule has 4 aromatic rings. The van der Waals surface area contributed by atoms with Crippen LogP contribution in [0, 0.1) is 6.92 Å². The van der Waals surface area contributed by atoms with Crippen molar-refractivity contribution in [3.8, 4) is 11.5 Å². The first-order valence-corrected chi connectivity index (χ1v) is 10.9. The number of aromatic amines is 1. The quantitative estimate of drug-likeness (QED) is 0.471. The molecular weight excluding hydrogens is 388 g/mol. The number of aromatic nitrogens is 1. The number of nitrogens with zero attached hydrogens (tertiary/aromatic N) is 1. The van der Waals surface area contributed by atoms with Gasteiger partial charge in [-0.05, 0) is 36.8 Å². The zero-order valence-corrected chi connectivity index (χ0v) is 17.8. The molecule has 1 saturated heterocycles. The summed E-state index contributed by atoms with van der Waals surface area (Å²) in [4.78, 5) is 5.86. The summed E-state index contributed by atoms with van der Waals surface area (Å²) >= 11 is 0. The van der Waals surface area contributed by atoms with Crippen molar-refractivity contribution in [2.75, 3.05) is 39.5 Å². The van der Waals surface area contributed by atoms with Gasteiger partial charge in [-0.25, -0.2) is 0 Å². The molecule has 0 radical (unpaired) electrons. The Bertz CT molecular complexity index is 1170. The summed E-state index contributed by atoms with van der Waals surface area (Å²) in [5.41, 5.74) is 3.39. The molecule has 5 nitrogen and oxygen atoms in total. The molecule has 5 heteroatoms. The van der Waals surface area contributed by atoms with Gasteiger partial charge in [-0.15, -0.1) is 0 Å². The maximum Gasteiger partial charge on any atom is 0.129 e. The third-order valence-corrected chi connectivity index (χ3v) is 5.90. The molecule has 5 rings (SSSR count). The third kappa shape index (κ3) is 4.38. The first-order chi connectivity index (χ1) is 15.3. The SMILES string of the molecule is Cc1ccccc1OCCN1CCOC(COc2cccc3[nH]c4ccccc4c23)C1. The maximum atomic E-state index is 6.26. The molecule has 31 heavy (non-hydrogen) atoms. The fraction of sp³-hybridized carbons (Fsp3) is 0.308. The van der Waals surface area contributed by atoms with Crippen molar-refractivity contribution in [3.63, 3.8) is 0 Å². The molecule has 3 aromatic carbocycles. The van der Waals surface area contributed by atoms with Gasteiger partial charge < -0.3 is 19.2 Å². The van der Waals surface area contributed by atoms with Crippen molar-refractivity contribution in [1.29, 1.82) is 0 Å². The highest BCUT2D eigenvalue weighted by molar-refractivity contribution is 6.10. The number of morpholine rings is 1. The van der Waals surface area contributed by atoms with Gasteiger partial charge in [-0.3, -0.25) is 4.90 Å². The minimum absolute atomic E-state index is 0.0488. The molecule has 1 aliphatic rings. The minimum Gasteiger partial charge on any atom is -0.492 e. The number of ether oxygens (including phenoxy) is 3. The van der Waals surface area contributed by atoms with Gasteiger partial charge in [0.15, 0.2) is 0 Å². The molecule has 2 heterocycles. The van der Waals surface area contributed by atoms with E-state index in [4.69, 9.17) is 14.2 Å². The summed E-state index contributed by atoms with van der Waals surface area (Å²) in [6.45, 7) is 6.65. The topological polar surface area (TPSA) is 46.7 Å². The lowest BCUT2D eigenvalue weighted by Crippen LogP contribution is -2.46. The van der Waals surface area contributed by atoms with Crippen LogP contribution in [0.2, 0.25) is 0 Å². The van der Waals surface area contributed by atoms with Crippen LogP contribution in [0.3, 0.4) is 0 Å². The van der Waals surface area contributed by atoms with Crippen LogP contribution in [0.15, 0.2) is 66.7 Å². The predicted molar refractivity (Wildman–Crippen MR) is 124 cm³/mol. The molecule has 0 amide bonds. The van der Waals surface area contributed by atoms with E-state index in [1.165, 1.54) is 10.9 Å². The van der Waals surface area contributed by atoms with E-state index in [1.54, 1.807) is 0 Å². The summed E-state index contributed by atoms with van der Waals surface area (Å²) in [7, 11) is 0. The number of hydrogen-bond donors (Lipinski definition) is 1. The van der Waals surface area contributed by atoms with E-state index in [-0.39, 0.29) is 6.10 Å². The van der Waals surface area contributed by atoms with Crippen molar-refractivity contribution in [3.05, 3.63) is 72.3 Å². The Morgan fingerprint density at radius 3 is 2.68 bits per heavy atom. The zero-order chi connectivity index (χ0) is 21.0. The van der Waals surface area contributed by atoms with Crippen LogP contribution < -0.4 is 9.47 Å². The predicted octanol–water partition coefficient (Wildman–Crippen LogP) is 4.79. The van der Waals surface area contributed by atoms with Gasteiger partial charge in [0.1, 0.15) is 30.8 Å². The average molecular weight is 417 g/mol. The molecule has 0 bridgehead atoms. The molecule has 1 aromatic heterocycles. The normalized spacial score (nSPS) is 17.3. The van der Waals surface area contributed by atoms with Gasteiger partial charge in [0, 0.05) is 35.9 Å². The van der Waals surface area contributed by atoms with Crippen LogP contribution in [0.1, 0.15) is 5.56 Å². The smallest absolute Gasteiger partial charge is 0.129 e. The second-order valence-electron chi connectivity index (χ2n) is 8.07. The number of H-pyrrole nitrogens is 1. The lowest BCUT2D eigenvalue weighted by molar-refractivity contribution is -0.0499. The third-order valence-electron chi connectivity index (χ3n) is 5.90. The van der Waals surface area contributed by atoms with Crippen molar-refractivity contribution < 1.29 is 14.2 Å². The molecule has 1 atom stereocenters. The molecule has 160 valence electrons. The summed E-state index contributed by atoms with van der Waals surface area (Å²) in [5.74, 6) is 1.86. The number of para-hydroxylation sites is 2.